The Balaban J connectivity index is 1.40. The number of alkyl carbamates (subject to hydrolysis) is 2. The number of nitrogens with zero attached hydrogens (tertiary/aromatic N) is 5. The second-order valence-electron chi connectivity index (χ2n) is 16.4. The van der Waals surface area contributed by atoms with Gasteiger partial charge < -0.3 is 43.8 Å². The Bertz CT molecular complexity index is 2090. The van der Waals surface area contributed by atoms with Crippen LogP contribution in [0.2, 0.25) is 0 Å². The number of carbonyl (C=O) groups excluding carboxylic acids is 4. The molecule has 0 unspecified atom stereocenters. The van der Waals surface area contributed by atoms with Crippen LogP contribution >= 0.6 is 0 Å². The van der Waals surface area contributed by atoms with E-state index in [0.717, 1.165) is 55.3 Å². The molecule has 316 valence electrons. The fraction of sp³-hybridized carbons (Fsp3) is 0.571. The van der Waals surface area contributed by atoms with E-state index < -0.39 is 29.4 Å². The molecule has 16 nitrogen and oxygen atoms in total. The summed E-state index contributed by atoms with van der Waals surface area (Å²) in [6.07, 6.45) is 3.93. The van der Waals surface area contributed by atoms with E-state index in [4.69, 9.17) is 33.7 Å². The lowest BCUT2D eigenvalue weighted by atomic mass is 10.0. The third kappa shape index (κ3) is 11.5. The van der Waals surface area contributed by atoms with Crippen molar-refractivity contribution >= 4 is 40.7 Å². The number of hydrogen-bond acceptors (Lipinski definition) is 11. The Labute approximate surface area is 339 Å². The lowest BCUT2D eigenvalue weighted by Crippen LogP contribution is -2.50. The number of carbonyl (C=O) groups is 4. The number of nitrogens with one attached hydrogen (secondary N) is 2. The molecule has 0 spiro atoms. The van der Waals surface area contributed by atoms with Crippen molar-refractivity contribution < 1.29 is 42.9 Å². The SMILES string of the molecule is CCOC(=O)COc1ccc2cc(-c3nc4cc(C(=O)N5CCC[C@@H](NC(=O)OC(C)(C)C)C5)cc(OC)n4c3C)n(CCCCCCNC(=O)OC(C)(C)C)c2n1. The summed E-state index contributed by atoms with van der Waals surface area (Å²) in [6, 6.07) is 8.90. The van der Waals surface area contributed by atoms with Gasteiger partial charge in [0.05, 0.1) is 25.1 Å². The molecule has 4 aromatic rings. The number of pyridine rings is 2. The van der Waals surface area contributed by atoms with Crippen molar-refractivity contribution in [3.05, 3.63) is 41.6 Å². The fourth-order valence-corrected chi connectivity index (χ4v) is 6.93. The third-order valence-electron chi connectivity index (χ3n) is 9.38. The van der Waals surface area contributed by atoms with Gasteiger partial charge in [-0.25, -0.2) is 19.4 Å². The number of aryl methyl sites for hydroxylation is 2. The summed E-state index contributed by atoms with van der Waals surface area (Å²) in [6.45, 7) is 16.6. The first kappa shape index (κ1) is 43.6. The fourth-order valence-electron chi connectivity index (χ4n) is 6.93. The first-order valence-corrected chi connectivity index (χ1v) is 20.1. The number of piperidine rings is 1. The van der Waals surface area contributed by atoms with E-state index in [2.05, 4.69) is 15.2 Å². The maximum atomic E-state index is 14.0. The minimum atomic E-state index is -0.627. The van der Waals surface area contributed by atoms with Gasteiger partial charge in [0.25, 0.3) is 5.91 Å². The first-order valence-electron chi connectivity index (χ1n) is 20.1. The van der Waals surface area contributed by atoms with Gasteiger partial charge in [-0.2, -0.15) is 4.98 Å². The van der Waals surface area contributed by atoms with Crippen molar-refractivity contribution in [2.24, 2.45) is 0 Å². The molecule has 1 aliphatic rings. The van der Waals surface area contributed by atoms with Crippen LogP contribution in [0, 0.1) is 6.92 Å². The highest BCUT2D eigenvalue weighted by Gasteiger charge is 2.29. The molecular formula is C42H59N7O9. The topological polar surface area (TPSA) is 177 Å². The summed E-state index contributed by atoms with van der Waals surface area (Å²) in [5, 5.41) is 6.59. The zero-order chi connectivity index (χ0) is 42.2. The molecule has 1 fully saturated rings. The van der Waals surface area contributed by atoms with Gasteiger partial charge in [-0.1, -0.05) is 12.8 Å². The first-order chi connectivity index (χ1) is 27.5. The molecular weight excluding hydrogens is 747 g/mol. The van der Waals surface area contributed by atoms with E-state index in [-0.39, 0.29) is 31.0 Å². The van der Waals surface area contributed by atoms with Crippen LogP contribution in [0.1, 0.15) is 103 Å². The van der Waals surface area contributed by atoms with Gasteiger partial charge in [-0.3, -0.25) is 9.20 Å². The third-order valence-corrected chi connectivity index (χ3v) is 9.38. The number of esters is 1. The molecule has 2 N–H and O–H groups in total. The van der Waals surface area contributed by atoms with Crippen molar-refractivity contribution in [1.82, 2.24) is 34.5 Å². The van der Waals surface area contributed by atoms with Gasteiger partial charge in [0.1, 0.15) is 28.2 Å². The number of aromatic nitrogens is 4. The zero-order valence-electron chi connectivity index (χ0n) is 35.4. The maximum Gasteiger partial charge on any atom is 0.407 e. The van der Waals surface area contributed by atoms with Gasteiger partial charge in [0.15, 0.2) is 12.5 Å². The van der Waals surface area contributed by atoms with Gasteiger partial charge in [-0.15, -0.1) is 0 Å². The summed E-state index contributed by atoms with van der Waals surface area (Å²) in [5.74, 6) is 0.0744. The summed E-state index contributed by atoms with van der Waals surface area (Å²) >= 11 is 0. The minimum absolute atomic E-state index is 0.186. The van der Waals surface area contributed by atoms with Crippen molar-refractivity contribution in [3.8, 4) is 23.1 Å². The molecule has 1 saturated heterocycles. The standard InChI is InChI=1S/C42H59N7O9/c1-10-55-35(50)26-56-33-18-17-28-22-31(48(37(28)46-33)21-14-12-11-13-19-43-39(52)57-41(3,4)5)36-27(2)49-32(45-36)23-29(24-34(49)54-9)38(51)47-20-15-16-30(25-47)44-40(53)58-42(6,7)8/h17-18,22-24,30H,10-16,19-21,25-26H2,1-9H3,(H,43,52)(H,44,53)/t30-/m1/s1. The van der Waals surface area contributed by atoms with E-state index in [9.17, 15) is 19.2 Å². The molecule has 1 aliphatic heterocycles. The van der Waals surface area contributed by atoms with Crippen LogP contribution in [0.25, 0.3) is 28.1 Å². The second kappa shape index (κ2) is 18.8. The van der Waals surface area contributed by atoms with Gasteiger partial charge in [-0.05, 0) is 99.3 Å². The Morgan fingerprint density at radius 2 is 1.64 bits per heavy atom. The zero-order valence-corrected chi connectivity index (χ0v) is 35.4. The van der Waals surface area contributed by atoms with Crippen molar-refractivity contribution in [3.63, 3.8) is 0 Å². The van der Waals surface area contributed by atoms with Crippen LogP contribution in [0.5, 0.6) is 11.8 Å². The average molecular weight is 806 g/mol. The maximum absolute atomic E-state index is 14.0. The van der Waals surface area contributed by atoms with Crippen molar-refractivity contribution in [2.45, 2.75) is 118 Å². The monoisotopic (exact) mass is 805 g/mol. The van der Waals surface area contributed by atoms with E-state index >= 15 is 0 Å². The van der Waals surface area contributed by atoms with E-state index in [1.54, 1.807) is 37.1 Å². The van der Waals surface area contributed by atoms with Gasteiger partial charge >= 0.3 is 18.2 Å². The molecule has 3 amide bonds. The second-order valence-corrected chi connectivity index (χ2v) is 16.4. The van der Waals surface area contributed by atoms with Crippen LogP contribution in [-0.2, 0) is 25.5 Å². The Kier molecular flexibility index (Phi) is 14.1. The molecule has 1 atom stereocenters. The number of fused-ring (bicyclic) bond motifs is 2. The highest BCUT2D eigenvalue weighted by molar-refractivity contribution is 5.96. The lowest BCUT2D eigenvalue weighted by Gasteiger charge is -2.33. The van der Waals surface area contributed by atoms with Gasteiger partial charge in [0.2, 0.25) is 5.88 Å². The Morgan fingerprint density at radius 1 is 0.914 bits per heavy atom. The van der Waals surface area contributed by atoms with Crippen LogP contribution in [0.4, 0.5) is 9.59 Å². The molecule has 5 rings (SSSR count). The number of unbranched alkanes of at least 4 members (excludes halogenated alkanes) is 3. The molecule has 0 saturated carbocycles. The van der Waals surface area contributed by atoms with Crippen LogP contribution in [0.3, 0.4) is 0 Å². The number of amides is 3. The molecule has 0 aromatic carbocycles. The molecule has 4 aromatic heterocycles. The summed E-state index contributed by atoms with van der Waals surface area (Å²) < 4.78 is 31.3. The smallest absolute Gasteiger partial charge is 0.407 e. The molecule has 5 heterocycles. The summed E-state index contributed by atoms with van der Waals surface area (Å²) in [4.78, 5) is 62.2. The van der Waals surface area contributed by atoms with E-state index in [1.807, 2.05) is 65.0 Å². The number of hydrogen-bond donors (Lipinski definition) is 2. The number of rotatable bonds is 15. The summed E-state index contributed by atoms with van der Waals surface area (Å²) in [7, 11) is 1.56. The number of imidazole rings is 1. The lowest BCUT2D eigenvalue weighted by molar-refractivity contribution is -0.145. The molecule has 16 heteroatoms. The number of ether oxygens (including phenoxy) is 5. The molecule has 0 radical (unpaired) electrons. The largest absolute Gasteiger partial charge is 0.482 e. The predicted molar refractivity (Wildman–Crippen MR) is 218 cm³/mol. The predicted octanol–water partition coefficient (Wildman–Crippen LogP) is 6.82. The molecule has 0 aliphatic carbocycles. The average Bonchev–Trinajstić information content (AvgIpc) is 3.67. The minimum Gasteiger partial charge on any atom is -0.482 e. The van der Waals surface area contributed by atoms with Crippen LogP contribution in [0.15, 0.2) is 30.3 Å². The Morgan fingerprint density at radius 3 is 2.34 bits per heavy atom. The highest BCUT2D eigenvalue weighted by atomic mass is 16.6. The quantitative estimate of drug-likeness (QED) is 0.0732. The van der Waals surface area contributed by atoms with Crippen LogP contribution < -0.4 is 20.1 Å². The molecule has 58 heavy (non-hydrogen) atoms. The van der Waals surface area contributed by atoms with E-state index in [0.29, 0.717) is 54.6 Å². The normalized spacial score (nSPS) is 14.6. The number of methoxy groups -OCH3 is 1. The summed E-state index contributed by atoms with van der Waals surface area (Å²) in [5.41, 5.74) is 2.77. The highest BCUT2D eigenvalue weighted by Crippen LogP contribution is 2.34. The molecule has 0 bridgehead atoms. The van der Waals surface area contributed by atoms with Crippen molar-refractivity contribution in [2.75, 3.05) is 40.0 Å². The van der Waals surface area contributed by atoms with Gasteiger partial charge in [0, 0.05) is 55.3 Å². The number of likely N-dealkylation sites (tertiary alicyclic amines) is 1. The van der Waals surface area contributed by atoms with Crippen molar-refractivity contribution in [1.29, 1.82) is 0 Å². The van der Waals surface area contributed by atoms with E-state index in [1.165, 1.54) is 0 Å². The van der Waals surface area contributed by atoms with Crippen LogP contribution in [-0.4, -0.2) is 105 Å². The Hall–Kier alpha value is -5.54.